The summed E-state index contributed by atoms with van der Waals surface area (Å²) >= 11 is 9.47. The van der Waals surface area contributed by atoms with Crippen molar-refractivity contribution in [2.24, 2.45) is 5.92 Å². The van der Waals surface area contributed by atoms with Crippen LogP contribution >= 0.6 is 27.5 Å². The number of rotatable bonds is 7. The van der Waals surface area contributed by atoms with Crippen molar-refractivity contribution >= 4 is 27.5 Å². The SMILES string of the molecule is CCCCCC(CCl)Cc1ccc(Br)cc1. The van der Waals surface area contributed by atoms with E-state index in [1.165, 1.54) is 31.2 Å². The molecule has 0 aromatic heterocycles. The zero-order chi connectivity index (χ0) is 11.8. The van der Waals surface area contributed by atoms with Gasteiger partial charge in [-0.2, -0.15) is 0 Å². The lowest BCUT2D eigenvalue weighted by Gasteiger charge is -2.13. The molecule has 0 radical (unpaired) electrons. The zero-order valence-corrected chi connectivity index (χ0v) is 12.2. The Labute approximate surface area is 113 Å². The average molecular weight is 304 g/mol. The fourth-order valence-electron chi connectivity index (χ4n) is 1.87. The van der Waals surface area contributed by atoms with Gasteiger partial charge in [0, 0.05) is 10.4 Å². The molecule has 2 heteroatoms. The van der Waals surface area contributed by atoms with Crippen LogP contribution in [0.15, 0.2) is 28.7 Å². The summed E-state index contributed by atoms with van der Waals surface area (Å²) in [6.45, 7) is 2.24. The van der Waals surface area contributed by atoms with Gasteiger partial charge in [0.15, 0.2) is 0 Å². The molecule has 0 aliphatic heterocycles. The van der Waals surface area contributed by atoms with Gasteiger partial charge in [-0.25, -0.2) is 0 Å². The van der Waals surface area contributed by atoms with E-state index in [0.717, 1.165) is 16.8 Å². The normalized spacial score (nSPS) is 12.7. The first-order valence-electron chi connectivity index (χ1n) is 6.06. The predicted molar refractivity (Wildman–Crippen MR) is 76.2 cm³/mol. The number of alkyl halides is 1. The molecule has 0 amide bonds. The quantitative estimate of drug-likeness (QED) is 0.465. The molecule has 1 aromatic carbocycles. The Morgan fingerprint density at radius 2 is 1.88 bits per heavy atom. The lowest BCUT2D eigenvalue weighted by atomic mass is 9.95. The van der Waals surface area contributed by atoms with E-state index in [1.54, 1.807) is 0 Å². The molecule has 0 nitrogen and oxygen atoms in total. The maximum absolute atomic E-state index is 6.02. The Bertz CT molecular complexity index is 281. The molecule has 90 valence electrons. The van der Waals surface area contributed by atoms with E-state index >= 15 is 0 Å². The van der Waals surface area contributed by atoms with Crippen LogP contribution in [0.1, 0.15) is 38.2 Å². The molecule has 0 aliphatic carbocycles. The molecule has 16 heavy (non-hydrogen) atoms. The molecular formula is C14H20BrCl. The van der Waals surface area contributed by atoms with Gasteiger partial charge in [-0.05, 0) is 36.5 Å². The fraction of sp³-hybridized carbons (Fsp3) is 0.571. The molecule has 0 heterocycles. The van der Waals surface area contributed by atoms with Gasteiger partial charge in [0.05, 0.1) is 0 Å². The number of hydrogen-bond acceptors (Lipinski definition) is 0. The van der Waals surface area contributed by atoms with Crippen molar-refractivity contribution in [2.45, 2.75) is 39.0 Å². The largest absolute Gasteiger partial charge is 0.126 e. The first kappa shape index (κ1) is 14.1. The molecule has 0 bridgehead atoms. The van der Waals surface area contributed by atoms with Gasteiger partial charge in [0.25, 0.3) is 0 Å². The van der Waals surface area contributed by atoms with Crippen LogP contribution in [0.5, 0.6) is 0 Å². The Morgan fingerprint density at radius 1 is 1.19 bits per heavy atom. The first-order chi connectivity index (χ1) is 7.76. The highest BCUT2D eigenvalue weighted by atomic mass is 79.9. The minimum Gasteiger partial charge on any atom is -0.126 e. The third-order valence-corrected chi connectivity index (χ3v) is 3.84. The van der Waals surface area contributed by atoms with E-state index in [0.29, 0.717) is 5.92 Å². The van der Waals surface area contributed by atoms with Gasteiger partial charge in [0.2, 0.25) is 0 Å². The van der Waals surface area contributed by atoms with Crippen molar-refractivity contribution in [3.05, 3.63) is 34.3 Å². The third kappa shape index (κ3) is 5.36. The molecule has 0 aliphatic rings. The molecule has 1 aromatic rings. The monoisotopic (exact) mass is 302 g/mol. The number of benzene rings is 1. The van der Waals surface area contributed by atoms with Crippen LogP contribution in [0, 0.1) is 5.92 Å². The van der Waals surface area contributed by atoms with Crippen molar-refractivity contribution in [3.63, 3.8) is 0 Å². The Morgan fingerprint density at radius 3 is 2.44 bits per heavy atom. The van der Waals surface area contributed by atoms with E-state index in [9.17, 15) is 0 Å². The van der Waals surface area contributed by atoms with Crippen LogP contribution in [0.3, 0.4) is 0 Å². The van der Waals surface area contributed by atoms with Gasteiger partial charge < -0.3 is 0 Å². The summed E-state index contributed by atoms with van der Waals surface area (Å²) in [5.74, 6) is 1.41. The summed E-state index contributed by atoms with van der Waals surface area (Å²) in [5.41, 5.74) is 1.39. The summed E-state index contributed by atoms with van der Waals surface area (Å²) in [7, 11) is 0. The highest BCUT2D eigenvalue weighted by Gasteiger charge is 2.08. The van der Waals surface area contributed by atoms with Gasteiger partial charge >= 0.3 is 0 Å². The summed E-state index contributed by atoms with van der Waals surface area (Å²) in [4.78, 5) is 0. The zero-order valence-electron chi connectivity index (χ0n) is 9.89. The summed E-state index contributed by atoms with van der Waals surface area (Å²) < 4.78 is 1.14. The van der Waals surface area contributed by atoms with E-state index in [-0.39, 0.29) is 0 Å². The van der Waals surface area contributed by atoms with Gasteiger partial charge in [-0.15, -0.1) is 11.6 Å². The minimum absolute atomic E-state index is 0.634. The predicted octanol–water partition coefficient (Wildman–Crippen LogP) is 5.43. The lowest BCUT2D eigenvalue weighted by Crippen LogP contribution is -2.06. The lowest BCUT2D eigenvalue weighted by molar-refractivity contribution is 0.498. The molecular weight excluding hydrogens is 284 g/mol. The van der Waals surface area contributed by atoms with E-state index in [2.05, 4.69) is 47.1 Å². The van der Waals surface area contributed by atoms with E-state index in [1.807, 2.05) is 0 Å². The Hall–Kier alpha value is -0.0100. The van der Waals surface area contributed by atoms with E-state index < -0.39 is 0 Å². The minimum atomic E-state index is 0.634. The Kier molecular flexibility index (Phi) is 7.15. The van der Waals surface area contributed by atoms with Crippen molar-refractivity contribution in [3.8, 4) is 0 Å². The maximum Gasteiger partial charge on any atom is 0.0254 e. The fourth-order valence-corrected chi connectivity index (χ4v) is 2.40. The van der Waals surface area contributed by atoms with Gasteiger partial charge in [-0.3, -0.25) is 0 Å². The Balaban J connectivity index is 2.40. The summed E-state index contributed by atoms with van der Waals surface area (Å²) in [5, 5.41) is 0. The number of hydrogen-bond donors (Lipinski definition) is 0. The van der Waals surface area contributed by atoms with Crippen molar-refractivity contribution in [2.75, 3.05) is 5.88 Å². The highest BCUT2D eigenvalue weighted by Crippen LogP contribution is 2.19. The molecule has 0 saturated heterocycles. The molecule has 1 rings (SSSR count). The van der Waals surface area contributed by atoms with Crippen molar-refractivity contribution in [1.29, 1.82) is 0 Å². The van der Waals surface area contributed by atoms with Gasteiger partial charge in [-0.1, -0.05) is 54.2 Å². The molecule has 1 unspecified atom stereocenters. The second-order valence-corrected chi connectivity index (χ2v) is 5.57. The second-order valence-electron chi connectivity index (χ2n) is 4.35. The number of unbranched alkanes of at least 4 members (excludes halogenated alkanes) is 2. The summed E-state index contributed by atoms with van der Waals surface area (Å²) in [6.07, 6.45) is 6.29. The topological polar surface area (TPSA) is 0 Å². The highest BCUT2D eigenvalue weighted by molar-refractivity contribution is 9.10. The molecule has 0 fully saturated rings. The van der Waals surface area contributed by atoms with Crippen molar-refractivity contribution < 1.29 is 0 Å². The van der Waals surface area contributed by atoms with Crippen LogP contribution in [0.2, 0.25) is 0 Å². The van der Waals surface area contributed by atoms with Crippen LogP contribution in [-0.4, -0.2) is 5.88 Å². The van der Waals surface area contributed by atoms with Crippen LogP contribution in [0.25, 0.3) is 0 Å². The molecule has 1 atom stereocenters. The molecule has 0 N–H and O–H groups in total. The van der Waals surface area contributed by atoms with Crippen LogP contribution < -0.4 is 0 Å². The van der Waals surface area contributed by atoms with Crippen LogP contribution in [-0.2, 0) is 6.42 Å². The smallest absolute Gasteiger partial charge is 0.0254 e. The van der Waals surface area contributed by atoms with Gasteiger partial charge in [0.1, 0.15) is 0 Å². The average Bonchev–Trinajstić information content (AvgIpc) is 2.31. The maximum atomic E-state index is 6.02. The summed E-state index contributed by atoms with van der Waals surface area (Å²) in [6, 6.07) is 8.58. The second kappa shape index (κ2) is 8.14. The van der Waals surface area contributed by atoms with Crippen molar-refractivity contribution in [1.82, 2.24) is 0 Å². The van der Waals surface area contributed by atoms with Crippen LogP contribution in [0.4, 0.5) is 0 Å². The molecule has 0 spiro atoms. The molecule has 0 saturated carbocycles. The first-order valence-corrected chi connectivity index (χ1v) is 7.39. The van der Waals surface area contributed by atoms with E-state index in [4.69, 9.17) is 11.6 Å². The standard InChI is InChI=1S/C14H20BrCl/c1-2-3-4-5-13(11-16)10-12-6-8-14(15)9-7-12/h6-9,13H,2-5,10-11H2,1H3. The third-order valence-electron chi connectivity index (χ3n) is 2.87. The number of halogens is 2.